The van der Waals surface area contributed by atoms with Gasteiger partial charge in [0.05, 0.1) is 47.4 Å². The zero-order valence-electron chi connectivity index (χ0n) is 18.4. The molecular weight excluding hydrogens is 459 g/mol. The van der Waals surface area contributed by atoms with Gasteiger partial charge >= 0.3 is 0 Å². The van der Waals surface area contributed by atoms with Gasteiger partial charge in [-0.25, -0.2) is 19.3 Å². The second-order valence-electron chi connectivity index (χ2n) is 8.82. The summed E-state index contributed by atoms with van der Waals surface area (Å²) in [6.07, 6.45) is 4.46. The fourth-order valence-electron chi connectivity index (χ4n) is 5.06. The van der Waals surface area contributed by atoms with E-state index in [9.17, 15) is 9.18 Å². The summed E-state index contributed by atoms with van der Waals surface area (Å²) < 4.78 is 20.0. The fraction of sp³-hybridized carbons (Fsp3) is 0.333. The van der Waals surface area contributed by atoms with Gasteiger partial charge in [-0.05, 0) is 37.3 Å². The third-order valence-electron chi connectivity index (χ3n) is 6.72. The Bertz CT molecular complexity index is 1410. The van der Waals surface area contributed by atoms with Gasteiger partial charge < -0.3 is 19.9 Å². The molecule has 0 aliphatic carbocycles. The summed E-state index contributed by atoms with van der Waals surface area (Å²) in [5.74, 6) is -0.227. The van der Waals surface area contributed by atoms with E-state index in [1.54, 1.807) is 6.07 Å². The maximum absolute atomic E-state index is 14.3. The molecule has 8 nitrogen and oxygen atoms in total. The molecule has 10 heteroatoms. The van der Waals surface area contributed by atoms with Crippen molar-refractivity contribution in [2.75, 3.05) is 18.5 Å². The fourth-order valence-corrected chi connectivity index (χ4v) is 5.33. The minimum atomic E-state index is -0.442. The number of amides is 1. The lowest BCUT2D eigenvalue weighted by Gasteiger charge is -2.34. The molecule has 2 unspecified atom stereocenters. The molecule has 2 aliphatic rings. The molecule has 2 bridgehead atoms. The van der Waals surface area contributed by atoms with E-state index in [0.29, 0.717) is 46.5 Å². The first-order valence-corrected chi connectivity index (χ1v) is 11.6. The monoisotopic (exact) mass is 480 g/mol. The van der Waals surface area contributed by atoms with Crippen molar-refractivity contribution in [2.45, 2.75) is 37.9 Å². The molecule has 2 aliphatic heterocycles. The number of carbonyl (C=O) groups is 1. The first-order valence-electron chi connectivity index (χ1n) is 11.2. The molecule has 0 spiro atoms. The minimum Gasteiger partial charge on any atom is -0.377 e. The number of morpholine rings is 1. The SMILES string of the molecule is C[C@H](Nc1ncnc2[nH]cc(F)c12)c1cc2cccc(Cl)c2c(C(=O)N2C3CCC2COC3)n1. The molecule has 2 N–H and O–H groups in total. The lowest BCUT2D eigenvalue weighted by atomic mass is 10.0. The van der Waals surface area contributed by atoms with E-state index in [-0.39, 0.29) is 29.4 Å². The van der Waals surface area contributed by atoms with Crippen LogP contribution in [0.25, 0.3) is 21.8 Å². The normalized spacial score (nSPS) is 20.7. The van der Waals surface area contributed by atoms with Crippen molar-refractivity contribution in [3.8, 4) is 0 Å². The van der Waals surface area contributed by atoms with E-state index >= 15 is 0 Å². The Kier molecular flexibility index (Phi) is 5.11. The van der Waals surface area contributed by atoms with Gasteiger partial charge in [0.2, 0.25) is 0 Å². The molecule has 2 saturated heterocycles. The molecule has 2 fully saturated rings. The van der Waals surface area contributed by atoms with Crippen LogP contribution >= 0.6 is 11.6 Å². The van der Waals surface area contributed by atoms with Gasteiger partial charge in [0.25, 0.3) is 5.91 Å². The van der Waals surface area contributed by atoms with Crippen LogP contribution in [0.3, 0.4) is 0 Å². The highest BCUT2D eigenvalue weighted by atomic mass is 35.5. The van der Waals surface area contributed by atoms with Crippen LogP contribution in [0.5, 0.6) is 0 Å². The van der Waals surface area contributed by atoms with Crippen LogP contribution < -0.4 is 5.32 Å². The van der Waals surface area contributed by atoms with E-state index in [0.717, 1.165) is 18.2 Å². The lowest BCUT2D eigenvalue weighted by Crippen LogP contribution is -2.49. The van der Waals surface area contributed by atoms with Crippen molar-refractivity contribution in [3.05, 3.63) is 59.0 Å². The number of H-pyrrole nitrogens is 1. The number of nitrogens with zero attached hydrogens (tertiary/aromatic N) is 4. The van der Waals surface area contributed by atoms with Gasteiger partial charge in [-0.3, -0.25) is 4.79 Å². The predicted octanol–water partition coefficient (Wildman–Crippen LogP) is 4.48. The number of aromatic nitrogens is 4. The van der Waals surface area contributed by atoms with Crippen molar-refractivity contribution < 1.29 is 13.9 Å². The zero-order valence-corrected chi connectivity index (χ0v) is 19.1. The van der Waals surface area contributed by atoms with Crippen LogP contribution in [0.4, 0.5) is 10.2 Å². The number of ether oxygens (including phenoxy) is 1. The number of carbonyl (C=O) groups excluding carboxylic acids is 1. The summed E-state index contributed by atoms with van der Waals surface area (Å²) in [7, 11) is 0. The molecule has 3 aromatic heterocycles. The maximum Gasteiger partial charge on any atom is 0.273 e. The highest BCUT2D eigenvalue weighted by Crippen LogP contribution is 2.35. The van der Waals surface area contributed by atoms with E-state index in [1.165, 1.54) is 12.5 Å². The van der Waals surface area contributed by atoms with Crippen LogP contribution in [0.1, 0.15) is 42.0 Å². The second-order valence-corrected chi connectivity index (χ2v) is 9.22. The summed E-state index contributed by atoms with van der Waals surface area (Å²) >= 11 is 6.55. The topological polar surface area (TPSA) is 96.0 Å². The maximum atomic E-state index is 14.3. The second kappa shape index (κ2) is 8.18. The number of rotatable bonds is 4. The number of benzene rings is 1. The third kappa shape index (κ3) is 3.38. The number of nitrogens with one attached hydrogen (secondary N) is 2. The number of aromatic amines is 1. The van der Waals surface area contributed by atoms with E-state index in [2.05, 4.69) is 20.3 Å². The molecule has 0 saturated carbocycles. The summed E-state index contributed by atoms with van der Waals surface area (Å²) in [6, 6.07) is 7.16. The van der Waals surface area contributed by atoms with Crippen molar-refractivity contribution in [2.24, 2.45) is 0 Å². The average molecular weight is 481 g/mol. The Balaban J connectivity index is 1.42. The first kappa shape index (κ1) is 21.2. The molecule has 1 aromatic carbocycles. The van der Waals surface area contributed by atoms with Gasteiger partial charge in [-0.15, -0.1) is 0 Å². The summed E-state index contributed by atoms with van der Waals surface area (Å²) in [6.45, 7) is 2.97. The van der Waals surface area contributed by atoms with Crippen LogP contribution in [0, 0.1) is 5.82 Å². The predicted molar refractivity (Wildman–Crippen MR) is 126 cm³/mol. The quantitative estimate of drug-likeness (QED) is 0.447. The lowest BCUT2D eigenvalue weighted by molar-refractivity contribution is -0.00736. The van der Waals surface area contributed by atoms with Crippen LogP contribution in [-0.2, 0) is 4.74 Å². The smallest absolute Gasteiger partial charge is 0.273 e. The summed E-state index contributed by atoms with van der Waals surface area (Å²) in [5, 5.41) is 5.44. The largest absolute Gasteiger partial charge is 0.377 e. The van der Waals surface area contributed by atoms with Gasteiger partial charge in [-0.2, -0.15) is 0 Å². The number of hydrogen-bond donors (Lipinski definition) is 2. The Morgan fingerprint density at radius 3 is 2.85 bits per heavy atom. The van der Waals surface area contributed by atoms with E-state index < -0.39 is 5.82 Å². The van der Waals surface area contributed by atoms with E-state index in [4.69, 9.17) is 21.3 Å². The van der Waals surface area contributed by atoms with Crippen LogP contribution in [0.15, 0.2) is 36.8 Å². The highest BCUT2D eigenvalue weighted by Gasteiger charge is 2.41. The Morgan fingerprint density at radius 2 is 2.06 bits per heavy atom. The first-order chi connectivity index (χ1) is 16.5. The number of anilines is 1. The minimum absolute atomic E-state index is 0.0515. The molecular formula is C24H22ClFN6O2. The van der Waals surface area contributed by atoms with Crippen LogP contribution in [-0.4, -0.2) is 56.0 Å². The molecule has 0 radical (unpaired) electrons. The van der Waals surface area contributed by atoms with Gasteiger partial charge in [0.15, 0.2) is 5.82 Å². The molecule has 4 aromatic rings. The van der Waals surface area contributed by atoms with Crippen molar-refractivity contribution in [1.29, 1.82) is 0 Å². The molecule has 3 atom stereocenters. The van der Waals surface area contributed by atoms with Crippen molar-refractivity contribution in [1.82, 2.24) is 24.8 Å². The summed E-state index contributed by atoms with van der Waals surface area (Å²) in [4.78, 5) is 31.6. The standard InChI is InChI=1S/C24H22ClFN6O2/c1-12(30-23-20-17(26)8-27-22(20)28-11-29-23)18-7-13-3-2-4-16(25)19(13)21(31-18)24(33)32-14-5-6-15(32)10-34-9-14/h2-4,7-8,11-12,14-15H,5-6,9-10H2,1H3,(H2,27,28,29,30)/t12-,14?,15?/m0/s1. The molecule has 174 valence electrons. The number of fused-ring (bicyclic) bond motifs is 4. The summed E-state index contributed by atoms with van der Waals surface area (Å²) in [5.41, 5.74) is 1.35. The number of hydrogen-bond acceptors (Lipinski definition) is 6. The van der Waals surface area contributed by atoms with Crippen molar-refractivity contribution >= 4 is 45.1 Å². The molecule has 5 heterocycles. The highest BCUT2D eigenvalue weighted by molar-refractivity contribution is 6.36. The van der Waals surface area contributed by atoms with Gasteiger partial charge in [-0.1, -0.05) is 23.7 Å². The molecule has 34 heavy (non-hydrogen) atoms. The van der Waals surface area contributed by atoms with E-state index in [1.807, 2.05) is 30.0 Å². The number of halogens is 2. The zero-order chi connectivity index (χ0) is 23.4. The van der Waals surface area contributed by atoms with Crippen LogP contribution in [0.2, 0.25) is 5.02 Å². The van der Waals surface area contributed by atoms with Crippen molar-refractivity contribution in [3.63, 3.8) is 0 Å². The Hall–Kier alpha value is -3.30. The molecule has 6 rings (SSSR count). The third-order valence-corrected chi connectivity index (χ3v) is 7.04. The van der Waals surface area contributed by atoms with Gasteiger partial charge in [0, 0.05) is 11.6 Å². The molecule has 1 amide bonds. The Morgan fingerprint density at radius 1 is 1.26 bits per heavy atom. The number of pyridine rings is 1. The Labute approximate surface area is 199 Å². The van der Waals surface area contributed by atoms with Gasteiger partial charge in [0.1, 0.15) is 23.5 Å². The average Bonchev–Trinajstić information content (AvgIpc) is 3.34.